The van der Waals surface area contributed by atoms with Gasteiger partial charge in [-0.15, -0.1) is 0 Å². The van der Waals surface area contributed by atoms with Crippen LogP contribution in [0.4, 0.5) is 14.5 Å². The topological polar surface area (TPSA) is 100 Å². The van der Waals surface area contributed by atoms with Gasteiger partial charge in [-0.1, -0.05) is 48.5 Å². The number of nitrogens with zero attached hydrogens (tertiary/aromatic N) is 5. The van der Waals surface area contributed by atoms with Crippen molar-refractivity contribution in [2.45, 2.75) is 32.6 Å². The lowest BCUT2D eigenvalue weighted by Crippen LogP contribution is -2.51. The molecule has 2 N–H and O–H groups in total. The van der Waals surface area contributed by atoms with Crippen molar-refractivity contribution in [3.05, 3.63) is 133 Å². The Balaban J connectivity index is 1.49. The molecule has 2 heterocycles. The van der Waals surface area contributed by atoms with Crippen molar-refractivity contribution in [2.75, 3.05) is 31.1 Å². The molecule has 1 aliphatic rings. The molecule has 1 aliphatic heterocycles. The lowest BCUT2D eigenvalue weighted by Gasteiger charge is -2.37. The number of anilines is 1. The lowest BCUT2D eigenvalue weighted by atomic mass is 10.1. The Hall–Kier alpha value is -4.59. The van der Waals surface area contributed by atoms with Crippen molar-refractivity contribution in [3.8, 4) is 6.07 Å². The number of benzene rings is 3. The molecule has 216 valence electrons. The van der Waals surface area contributed by atoms with E-state index in [0.717, 1.165) is 27.8 Å². The van der Waals surface area contributed by atoms with Crippen molar-refractivity contribution in [1.82, 2.24) is 14.0 Å². The van der Waals surface area contributed by atoms with E-state index in [4.69, 9.17) is 5.73 Å². The molecule has 10 heteroatoms. The van der Waals surface area contributed by atoms with Crippen LogP contribution in [0.3, 0.4) is 0 Å². The number of piperazine rings is 1. The quantitative estimate of drug-likeness (QED) is 0.348. The number of halogens is 2. The number of aromatic nitrogens is 2. The summed E-state index contributed by atoms with van der Waals surface area (Å²) < 4.78 is 31.7. The van der Waals surface area contributed by atoms with Gasteiger partial charge in [0.1, 0.15) is 17.3 Å². The van der Waals surface area contributed by atoms with Crippen LogP contribution < -0.4 is 21.9 Å². The van der Waals surface area contributed by atoms with Crippen LogP contribution in [0.1, 0.15) is 34.0 Å². The molecule has 8 nitrogen and oxygen atoms in total. The highest BCUT2D eigenvalue weighted by Crippen LogP contribution is 2.21. The highest BCUT2D eigenvalue weighted by atomic mass is 19.1. The second-order valence-corrected chi connectivity index (χ2v) is 10.5. The van der Waals surface area contributed by atoms with E-state index in [0.29, 0.717) is 49.7 Å². The summed E-state index contributed by atoms with van der Waals surface area (Å²) in [5.74, 6) is -1.54. The number of rotatable bonds is 8. The van der Waals surface area contributed by atoms with Gasteiger partial charge in [-0.2, -0.15) is 5.26 Å². The van der Waals surface area contributed by atoms with Crippen LogP contribution in [-0.4, -0.2) is 40.2 Å². The highest BCUT2D eigenvalue weighted by Gasteiger charge is 2.26. The Morgan fingerprint density at radius 3 is 2.21 bits per heavy atom. The second kappa shape index (κ2) is 12.5. The summed E-state index contributed by atoms with van der Waals surface area (Å²) in [5.41, 5.74) is 8.05. The van der Waals surface area contributed by atoms with Crippen LogP contribution in [0.2, 0.25) is 0 Å². The highest BCUT2D eigenvalue weighted by molar-refractivity contribution is 5.50. The van der Waals surface area contributed by atoms with E-state index >= 15 is 0 Å². The average Bonchev–Trinajstić information content (AvgIpc) is 3.00. The second-order valence-electron chi connectivity index (χ2n) is 10.5. The minimum Gasteiger partial charge on any atom is -0.363 e. The lowest BCUT2D eigenvalue weighted by molar-refractivity contribution is 0.249. The molecule has 1 fully saturated rings. The Bertz CT molecular complexity index is 1720. The third-order valence-corrected chi connectivity index (χ3v) is 7.79. The fourth-order valence-electron chi connectivity index (χ4n) is 5.47. The first-order valence-corrected chi connectivity index (χ1v) is 13.8. The molecule has 0 amide bonds. The third-order valence-electron chi connectivity index (χ3n) is 7.79. The molecule has 1 aromatic heterocycles. The predicted molar refractivity (Wildman–Crippen MR) is 157 cm³/mol. The standard InChI is InChI=1S/C32H32F2N6O2/c1-22-30(38-15-13-37(14-16-38)19-24-8-5-7-23(17-24)18-35)31(41)40(21-29(36)25-9-3-2-4-10-25)32(42)39(22)20-26-27(33)11-6-12-28(26)34/h2-12,17,29H,13-16,19-21,36H2,1H3/t29-/m0/s1. The number of nitrogens with two attached hydrogens (primary N) is 1. The molecule has 5 rings (SSSR count). The SMILES string of the molecule is Cc1c(N2CCN(Cc3cccc(C#N)c3)CC2)c(=O)n(C[C@H](N)c2ccccc2)c(=O)n1Cc1c(F)cccc1F. The molecule has 3 aromatic carbocycles. The molecule has 0 unspecified atom stereocenters. The van der Waals surface area contributed by atoms with E-state index < -0.39 is 28.9 Å². The van der Waals surface area contributed by atoms with Crippen LogP contribution in [0.5, 0.6) is 0 Å². The first kappa shape index (κ1) is 28.9. The van der Waals surface area contributed by atoms with Gasteiger partial charge in [0.25, 0.3) is 5.56 Å². The zero-order valence-corrected chi connectivity index (χ0v) is 23.3. The van der Waals surface area contributed by atoms with Crippen LogP contribution in [-0.2, 0) is 19.6 Å². The molecule has 4 aromatic rings. The predicted octanol–water partition coefficient (Wildman–Crippen LogP) is 3.54. The maximum Gasteiger partial charge on any atom is 0.331 e. The summed E-state index contributed by atoms with van der Waals surface area (Å²) in [4.78, 5) is 31.8. The number of hydrogen-bond acceptors (Lipinski definition) is 6. The van der Waals surface area contributed by atoms with Gasteiger partial charge in [-0.3, -0.25) is 18.8 Å². The first-order chi connectivity index (χ1) is 20.3. The maximum atomic E-state index is 14.7. The monoisotopic (exact) mass is 570 g/mol. The fraction of sp³-hybridized carbons (Fsp3) is 0.281. The molecule has 1 atom stereocenters. The summed E-state index contributed by atoms with van der Waals surface area (Å²) in [6, 6.07) is 21.7. The summed E-state index contributed by atoms with van der Waals surface area (Å²) in [5, 5.41) is 9.21. The number of hydrogen-bond donors (Lipinski definition) is 1. The zero-order valence-electron chi connectivity index (χ0n) is 23.3. The van der Waals surface area contributed by atoms with Crippen molar-refractivity contribution >= 4 is 5.69 Å². The van der Waals surface area contributed by atoms with Crippen LogP contribution in [0.15, 0.2) is 82.4 Å². The van der Waals surface area contributed by atoms with Crippen molar-refractivity contribution in [2.24, 2.45) is 5.73 Å². The Morgan fingerprint density at radius 1 is 0.881 bits per heavy atom. The van der Waals surface area contributed by atoms with Gasteiger partial charge in [0, 0.05) is 50.0 Å². The van der Waals surface area contributed by atoms with E-state index in [1.807, 2.05) is 53.4 Å². The smallest absolute Gasteiger partial charge is 0.331 e. The molecule has 0 saturated carbocycles. The summed E-state index contributed by atoms with van der Waals surface area (Å²) in [6.45, 7) is 4.12. The molecular weight excluding hydrogens is 538 g/mol. The Kier molecular flexibility index (Phi) is 8.61. The van der Waals surface area contributed by atoms with E-state index in [2.05, 4.69) is 11.0 Å². The summed E-state index contributed by atoms with van der Waals surface area (Å²) in [6.07, 6.45) is 0. The molecule has 0 radical (unpaired) electrons. The molecule has 1 saturated heterocycles. The maximum absolute atomic E-state index is 14.7. The molecular formula is C32H32F2N6O2. The normalized spacial score (nSPS) is 14.5. The van der Waals surface area contributed by atoms with Gasteiger partial charge in [-0.05, 0) is 42.3 Å². The average molecular weight is 571 g/mol. The summed E-state index contributed by atoms with van der Waals surface area (Å²) in [7, 11) is 0. The van der Waals surface area contributed by atoms with E-state index in [-0.39, 0.29) is 18.7 Å². The van der Waals surface area contributed by atoms with Crippen LogP contribution in [0, 0.1) is 29.9 Å². The van der Waals surface area contributed by atoms with Gasteiger partial charge in [0.05, 0.1) is 24.7 Å². The fourth-order valence-corrected chi connectivity index (χ4v) is 5.47. The minimum absolute atomic E-state index is 0.0933. The molecule has 0 aliphatic carbocycles. The van der Waals surface area contributed by atoms with Crippen LogP contribution in [0.25, 0.3) is 0 Å². The Morgan fingerprint density at radius 2 is 1.55 bits per heavy atom. The zero-order chi connectivity index (χ0) is 29.8. The molecule has 0 spiro atoms. The summed E-state index contributed by atoms with van der Waals surface area (Å²) >= 11 is 0. The Labute approximate surface area is 242 Å². The van der Waals surface area contributed by atoms with E-state index in [1.54, 1.807) is 13.0 Å². The molecule has 42 heavy (non-hydrogen) atoms. The van der Waals surface area contributed by atoms with Gasteiger partial charge in [0.15, 0.2) is 0 Å². The number of nitriles is 1. The first-order valence-electron chi connectivity index (χ1n) is 13.8. The van der Waals surface area contributed by atoms with Crippen molar-refractivity contribution in [3.63, 3.8) is 0 Å². The van der Waals surface area contributed by atoms with Gasteiger partial charge < -0.3 is 10.6 Å². The largest absolute Gasteiger partial charge is 0.363 e. The van der Waals surface area contributed by atoms with Gasteiger partial charge in [-0.25, -0.2) is 13.6 Å². The van der Waals surface area contributed by atoms with Gasteiger partial charge >= 0.3 is 5.69 Å². The van der Waals surface area contributed by atoms with Crippen LogP contribution >= 0.6 is 0 Å². The van der Waals surface area contributed by atoms with Crippen molar-refractivity contribution < 1.29 is 8.78 Å². The van der Waals surface area contributed by atoms with Crippen molar-refractivity contribution in [1.29, 1.82) is 5.26 Å². The minimum atomic E-state index is -0.768. The van der Waals surface area contributed by atoms with E-state index in [1.165, 1.54) is 10.6 Å². The molecule has 0 bridgehead atoms. The van der Waals surface area contributed by atoms with E-state index in [9.17, 15) is 23.6 Å². The van der Waals surface area contributed by atoms with Gasteiger partial charge in [0.2, 0.25) is 0 Å². The third kappa shape index (κ3) is 6.03.